The average molecular weight is 249 g/mol. The molecule has 6 nitrogen and oxygen atoms in total. The third-order valence-corrected chi connectivity index (χ3v) is 2.83. The third kappa shape index (κ3) is 2.95. The second-order valence-electron chi connectivity index (χ2n) is 4.37. The third-order valence-electron chi connectivity index (χ3n) is 2.83. The molecule has 0 bridgehead atoms. The molecule has 1 N–H and O–H groups in total. The molecule has 6 heteroatoms. The molecule has 1 atom stereocenters. The maximum atomic E-state index is 5.23. The van der Waals surface area contributed by atoms with E-state index in [9.17, 15) is 0 Å². The van der Waals surface area contributed by atoms with E-state index in [1.54, 1.807) is 6.20 Å². The summed E-state index contributed by atoms with van der Waals surface area (Å²) in [6.07, 6.45) is 5.35. The number of rotatable bonds is 6. The van der Waals surface area contributed by atoms with Crippen LogP contribution in [0.25, 0.3) is 11.6 Å². The van der Waals surface area contributed by atoms with E-state index in [4.69, 9.17) is 4.52 Å². The van der Waals surface area contributed by atoms with Crippen molar-refractivity contribution in [1.29, 1.82) is 0 Å². The molecule has 0 aliphatic carbocycles. The molecule has 0 aliphatic rings. The quantitative estimate of drug-likeness (QED) is 0.838. The van der Waals surface area contributed by atoms with E-state index in [-0.39, 0.29) is 0 Å². The van der Waals surface area contributed by atoms with Crippen LogP contribution in [0.4, 0.5) is 0 Å². The van der Waals surface area contributed by atoms with Crippen molar-refractivity contribution in [1.82, 2.24) is 25.0 Å². The van der Waals surface area contributed by atoms with Gasteiger partial charge in [0.25, 0.3) is 0 Å². The highest BCUT2D eigenvalue weighted by molar-refractivity contribution is 5.42. The van der Waals surface area contributed by atoms with Crippen molar-refractivity contribution in [2.45, 2.75) is 32.7 Å². The molecule has 0 radical (unpaired) electrons. The fourth-order valence-electron chi connectivity index (χ4n) is 1.82. The standard InChI is InChI=1S/C12H19N5O/c1-4-13-9(2)5-6-10-15-11(16-18-10)12-14-7-8-17(12)3/h7-9,13H,4-6H2,1-3H3. The number of nitrogens with one attached hydrogen (secondary N) is 1. The van der Waals surface area contributed by atoms with Crippen LogP contribution in [0.2, 0.25) is 0 Å². The fourth-order valence-corrected chi connectivity index (χ4v) is 1.82. The lowest BCUT2D eigenvalue weighted by atomic mass is 10.2. The van der Waals surface area contributed by atoms with Gasteiger partial charge in [-0.1, -0.05) is 12.1 Å². The molecule has 98 valence electrons. The minimum Gasteiger partial charge on any atom is -0.339 e. The van der Waals surface area contributed by atoms with Crippen LogP contribution >= 0.6 is 0 Å². The van der Waals surface area contributed by atoms with E-state index in [1.165, 1.54) is 0 Å². The maximum absolute atomic E-state index is 5.23. The molecule has 2 aromatic heterocycles. The van der Waals surface area contributed by atoms with Gasteiger partial charge in [0.2, 0.25) is 11.7 Å². The molecule has 0 aliphatic heterocycles. The van der Waals surface area contributed by atoms with Gasteiger partial charge in [-0.2, -0.15) is 4.98 Å². The van der Waals surface area contributed by atoms with Crippen molar-refractivity contribution >= 4 is 0 Å². The number of hydrogen-bond acceptors (Lipinski definition) is 5. The van der Waals surface area contributed by atoms with E-state index in [0.29, 0.717) is 17.8 Å². The van der Waals surface area contributed by atoms with Crippen molar-refractivity contribution < 1.29 is 4.52 Å². The number of aryl methyl sites for hydroxylation is 2. The lowest BCUT2D eigenvalue weighted by Crippen LogP contribution is -2.25. The van der Waals surface area contributed by atoms with Gasteiger partial charge in [0.15, 0.2) is 5.82 Å². The minimum absolute atomic E-state index is 0.457. The molecule has 0 fully saturated rings. The first-order valence-corrected chi connectivity index (χ1v) is 6.24. The van der Waals surface area contributed by atoms with Crippen molar-refractivity contribution in [3.8, 4) is 11.6 Å². The van der Waals surface area contributed by atoms with Crippen LogP contribution in [-0.4, -0.2) is 32.3 Å². The highest BCUT2D eigenvalue weighted by Gasteiger charge is 2.12. The van der Waals surface area contributed by atoms with Crippen LogP contribution in [0.1, 0.15) is 26.2 Å². The topological polar surface area (TPSA) is 68.8 Å². The van der Waals surface area contributed by atoms with Gasteiger partial charge < -0.3 is 14.4 Å². The Morgan fingerprint density at radius 2 is 2.33 bits per heavy atom. The summed E-state index contributed by atoms with van der Waals surface area (Å²) in [6.45, 7) is 5.23. The summed E-state index contributed by atoms with van der Waals surface area (Å²) in [4.78, 5) is 8.55. The Morgan fingerprint density at radius 1 is 1.50 bits per heavy atom. The number of imidazole rings is 1. The van der Waals surface area contributed by atoms with Crippen LogP contribution < -0.4 is 5.32 Å². The Morgan fingerprint density at radius 3 is 3.00 bits per heavy atom. The number of aromatic nitrogens is 4. The first kappa shape index (κ1) is 12.8. The second kappa shape index (κ2) is 5.77. The average Bonchev–Trinajstić information content (AvgIpc) is 2.95. The van der Waals surface area contributed by atoms with Crippen molar-refractivity contribution in [3.05, 3.63) is 18.3 Å². The van der Waals surface area contributed by atoms with E-state index >= 15 is 0 Å². The Balaban J connectivity index is 1.97. The smallest absolute Gasteiger partial charge is 0.238 e. The molecule has 0 spiro atoms. The number of nitrogens with zero attached hydrogens (tertiary/aromatic N) is 4. The van der Waals surface area contributed by atoms with Crippen molar-refractivity contribution in [3.63, 3.8) is 0 Å². The zero-order valence-corrected chi connectivity index (χ0v) is 11.1. The van der Waals surface area contributed by atoms with Crippen LogP contribution in [0, 0.1) is 0 Å². The highest BCUT2D eigenvalue weighted by Crippen LogP contribution is 2.13. The van der Waals surface area contributed by atoms with Gasteiger partial charge in [-0.05, 0) is 19.9 Å². The highest BCUT2D eigenvalue weighted by atomic mass is 16.5. The number of hydrogen-bond donors (Lipinski definition) is 1. The van der Waals surface area contributed by atoms with Crippen LogP contribution in [0.3, 0.4) is 0 Å². The lowest BCUT2D eigenvalue weighted by Gasteiger charge is -2.09. The summed E-state index contributed by atoms with van der Waals surface area (Å²) in [5.74, 6) is 1.94. The molecule has 0 amide bonds. The van der Waals surface area contributed by atoms with E-state index in [1.807, 2.05) is 17.8 Å². The monoisotopic (exact) mass is 249 g/mol. The van der Waals surface area contributed by atoms with E-state index in [2.05, 4.69) is 34.3 Å². The lowest BCUT2D eigenvalue weighted by molar-refractivity contribution is 0.367. The van der Waals surface area contributed by atoms with Gasteiger partial charge in [-0.3, -0.25) is 0 Å². The second-order valence-corrected chi connectivity index (χ2v) is 4.37. The van der Waals surface area contributed by atoms with Gasteiger partial charge in [-0.15, -0.1) is 0 Å². The molecular weight excluding hydrogens is 230 g/mol. The summed E-state index contributed by atoms with van der Waals surface area (Å²) in [5.41, 5.74) is 0. The maximum Gasteiger partial charge on any atom is 0.238 e. The Hall–Kier alpha value is -1.69. The van der Waals surface area contributed by atoms with Gasteiger partial charge in [-0.25, -0.2) is 4.98 Å². The van der Waals surface area contributed by atoms with Crippen molar-refractivity contribution in [2.24, 2.45) is 7.05 Å². The SMILES string of the molecule is CCNC(C)CCc1nc(-c2nccn2C)no1. The molecule has 2 heterocycles. The molecule has 1 unspecified atom stereocenters. The molecule has 2 aromatic rings. The van der Waals surface area contributed by atoms with E-state index in [0.717, 1.165) is 25.2 Å². The van der Waals surface area contributed by atoms with Crippen LogP contribution in [0.5, 0.6) is 0 Å². The molecule has 0 saturated carbocycles. The Kier molecular flexibility index (Phi) is 4.09. The summed E-state index contributed by atoms with van der Waals surface area (Å²) in [6, 6.07) is 0.457. The normalized spacial score (nSPS) is 12.8. The summed E-state index contributed by atoms with van der Waals surface area (Å²) < 4.78 is 7.10. The Bertz CT molecular complexity index is 490. The predicted octanol–water partition coefficient (Wildman–Crippen LogP) is 1.40. The van der Waals surface area contributed by atoms with Gasteiger partial charge in [0, 0.05) is 31.9 Å². The summed E-state index contributed by atoms with van der Waals surface area (Å²) in [7, 11) is 1.91. The van der Waals surface area contributed by atoms with Gasteiger partial charge >= 0.3 is 0 Å². The Labute approximate surface area is 106 Å². The van der Waals surface area contributed by atoms with Gasteiger partial charge in [0.05, 0.1) is 0 Å². The molecule has 2 rings (SSSR count). The first-order chi connectivity index (χ1) is 8.70. The van der Waals surface area contributed by atoms with Crippen molar-refractivity contribution in [2.75, 3.05) is 6.54 Å². The van der Waals surface area contributed by atoms with Crippen LogP contribution in [0.15, 0.2) is 16.9 Å². The zero-order valence-electron chi connectivity index (χ0n) is 11.1. The largest absolute Gasteiger partial charge is 0.339 e. The molecule has 0 saturated heterocycles. The first-order valence-electron chi connectivity index (χ1n) is 6.24. The summed E-state index contributed by atoms with van der Waals surface area (Å²) >= 11 is 0. The molecule has 18 heavy (non-hydrogen) atoms. The van der Waals surface area contributed by atoms with E-state index < -0.39 is 0 Å². The molecular formula is C12H19N5O. The minimum atomic E-state index is 0.457. The zero-order chi connectivity index (χ0) is 13.0. The molecule has 0 aromatic carbocycles. The fraction of sp³-hybridized carbons (Fsp3) is 0.583. The predicted molar refractivity (Wildman–Crippen MR) is 68.0 cm³/mol. The summed E-state index contributed by atoms with van der Waals surface area (Å²) in [5, 5.41) is 7.31. The van der Waals surface area contributed by atoms with Gasteiger partial charge in [0.1, 0.15) is 0 Å². The van der Waals surface area contributed by atoms with Crippen LogP contribution in [-0.2, 0) is 13.5 Å².